The molecule has 2 aromatic rings. The highest BCUT2D eigenvalue weighted by molar-refractivity contribution is 5.72. The van der Waals surface area contributed by atoms with Crippen LogP contribution < -0.4 is 0 Å². The zero-order valence-corrected chi connectivity index (χ0v) is 8.44. The molecule has 15 heavy (non-hydrogen) atoms. The van der Waals surface area contributed by atoms with Gasteiger partial charge in [-0.15, -0.1) is 0 Å². The molecule has 1 aliphatic carbocycles. The standard InChI is InChI=1S/C12H13NO2/c14-7-12(3-4-12)6-9-1-2-10-11(5-9)15-8-13-10/h1-2,5,8,14H,3-4,6-7H2. The Morgan fingerprint density at radius 1 is 1.40 bits per heavy atom. The van der Waals surface area contributed by atoms with Crippen LogP contribution in [-0.2, 0) is 6.42 Å². The van der Waals surface area contributed by atoms with Gasteiger partial charge in [-0.1, -0.05) is 6.07 Å². The minimum Gasteiger partial charge on any atom is -0.443 e. The van der Waals surface area contributed by atoms with E-state index in [0.717, 1.165) is 30.4 Å². The Balaban J connectivity index is 1.91. The van der Waals surface area contributed by atoms with Gasteiger partial charge >= 0.3 is 0 Å². The normalized spacial score (nSPS) is 18.2. The Hall–Kier alpha value is -1.35. The third-order valence-corrected chi connectivity index (χ3v) is 3.27. The van der Waals surface area contributed by atoms with Crippen LogP contribution in [0.2, 0.25) is 0 Å². The fraction of sp³-hybridized carbons (Fsp3) is 0.417. The molecule has 0 unspecified atom stereocenters. The van der Waals surface area contributed by atoms with Gasteiger partial charge in [-0.2, -0.15) is 0 Å². The highest BCUT2D eigenvalue weighted by Crippen LogP contribution is 2.47. The van der Waals surface area contributed by atoms with Crippen molar-refractivity contribution in [1.29, 1.82) is 0 Å². The Bertz CT molecular complexity index is 485. The molecule has 0 aliphatic heterocycles. The molecule has 0 saturated heterocycles. The highest BCUT2D eigenvalue weighted by Gasteiger charge is 2.41. The predicted octanol–water partition coefficient (Wildman–Crippen LogP) is 2.14. The lowest BCUT2D eigenvalue weighted by Gasteiger charge is -2.10. The number of rotatable bonds is 3. The molecule has 1 N–H and O–H groups in total. The summed E-state index contributed by atoms with van der Waals surface area (Å²) < 4.78 is 5.25. The molecule has 0 radical (unpaired) electrons. The number of aliphatic hydroxyl groups is 1. The van der Waals surface area contributed by atoms with Crippen LogP contribution in [0.15, 0.2) is 29.0 Å². The second kappa shape index (κ2) is 3.07. The van der Waals surface area contributed by atoms with Crippen LogP contribution in [0.25, 0.3) is 11.1 Å². The molecule has 1 heterocycles. The summed E-state index contributed by atoms with van der Waals surface area (Å²) in [5, 5.41) is 9.26. The fourth-order valence-electron chi connectivity index (χ4n) is 2.01. The Morgan fingerprint density at radius 3 is 3.00 bits per heavy atom. The van der Waals surface area contributed by atoms with E-state index in [1.54, 1.807) is 0 Å². The molecule has 1 saturated carbocycles. The van der Waals surface area contributed by atoms with E-state index in [2.05, 4.69) is 11.1 Å². The summed E-state index contributed by atoms with van der Waals surface area (Å²) in [5.41, 5.74) is 3.12. The molecule has 0 atom stereocenters. The number of aliphatic hydroxyl groups excluding tert-OH is 1. The smallest absolute Gasteiger partial charge is 0.181 e. The molecule has 1 aliphatic rings. The van der Waals surface area contributed by atoms with Gasteiger partial charge in [0.25, 0.3) is 0 Å². The van der Waals surface area contributed by atoms with Crippen LogP contribution in [-0.4, -0.2) is 16.7 Å². The van der Waals surface area contributed by atoms with E-state index in [4.69, 9.17) is 4.42 Å². The molecule has 1 aromatic heterocycles. The second-order valence-electron chi connectivity index (χ2n) is 4.49. The third-order valence-electron chi connectivity index (χ3n) is 3.27. The molecule has 0 amide bonds. The van der Waals surface area contributed by atoms with Gasteiger partial charge in [0.2, 0.25) is 0 Å². The maximum Gasteiger partial charge on any atom is 0.181 e. The average molecular weight is 203 g/mol. The van der Waals surface area contributed by atoms with Crippen molar-refractivity contribution in [2.45, 2.75) is 19.3 Å². The van der Waals surface area contributed by atoms with E-state index < -0.39 is 0 Å². The van der Waals surface area contributed by atoms with Crippen LogP contribution in [0, 0.1) is 5.41 Å². The lowest BCUT2D eigenvalue weighted by atomic mass is 9.97. The van der Waals surface area contributed by atoms with Crippen molar-refractivity contribution in [2.24, 2.45) is 5.41 Å². The minimum atomic E-state index is 0.160. The third kappa shape index (κ3) is 1.53. The Morgan fingerprint density at radius 2 is 2.27 bits per heavy atom. The zero-order valence-electron chi connectivity index (χ0n) is 8.44. The number of nitrogens with zero attached hydrogens (tertiary/aromatic N) is 1. The topological polar surface area (TPSA) is 46.3 Å². The van der Waals surface area contributed by atoms with Crippen LogP contribution in [0.3, 0.4) is 0 Å². The van der Waals surface area contributed by atoms with Crippen molar-refractivity contribution in [3.05, 3.63) is 30.2 Å². The number of hydrogen-bond acceptors (Lipinski definition) is 3. The highest BCUT2D eigenvalue weighted by atomic mass is 16.3. The van der Waals surface area contributed by atoms with Gasteiger partial charge < -0.3 is 9.52 Å². The first-order valence-corrected chi connectivity index (χ1v) is 5.24. The summed E-state index contributed by atoms with van der Waals surface area (Å²) in [5.74, 6) is 0. The molecule has 3 rings (SSSR count). The SMILES string of the molecule is OCC1(Cc2ccc3ncoc3c2)CC1. The fourth-order valence-corrected chi connectivity index (χ4v) is 2.01. The van der Waals surface area contributed by atoms with Gasteiger partial charge in [-0.3, -0.25) is 0 Å². The molecule has 1 fully saturated rings. The van der Waals surface area contributed by atoms with Gasteiger partial charge in [0.1, 0.15) is 5.52 Å². The molecule has 78 valence electrons. The van der Waals surface area contributed by atoms with Crippen LogP contribution in [0.4, 0.5) is 0 Å². The molecule has 0 bridgehead atoms. The van der Waals surface area contributed by atoms with E-state index in [1.165, 1.54) is 12.0 Å². The number of fused-ring (bicyclic) bond motifs is 1. The Kier molecular flexibility index (Phi) is 1.83. The number of aromatic nitrogens is 1. The monoisotopic (exact) mass is 203 g/mol. The molecule has 0 spiro atoms. The zero-order chi connectivity index (χ0) is 10.3. The lowest BCUT2D eigenvalue weighted by Crippen LogP contribution is -2.09. The summed E-state index contributed by atoms with van der Waals surface area (Å²) in [6.07, 6.45) is 4.68. The average Bonchev–Trinajstić information content (AvgIpc) is 2.88. The van der Waals surface area contributed by atoms with Gasteiger partial charge in [0.05, 0.1) is 0 Å². The predicted molar refractivity (Wildman–Crippen MR) is 56.5 cm³/mol. The van der Waals surface area contributed by atoms with Gasteiger partial charge in [0, 0.05) is 6.61 Å². The Labute approximate surface area is 87.7 Å². The summed E-state index contributed by atoms with van der Waals surface area (Å²) in [7, 11) is 0. The summed E-state index contributed by atoms with van der Waals surface area (Å²) in [4.78, 5) is 4.08. The lowest BCUT2D eigenvalue weighted by molar-refractivity contribution is 0.211. The number of oxazole rings is 1. The first-order valence-electron chi connectivity index (χ1n) is 5.24. The first kappa shape index (κ1) is 8.92. The molecule has 1 aromatic carbocycles. The first-order chi connectivity index (χ1) is 7.31. The van der Waals surface area contributed by atoms with Gasteiger partial charge in [0.15, 0.2) is 12.0 Å². The molecular formula is C12H13NO2. The van der Waals surface area contributed by atoms with E-state index in [0.29, 0.717) is 6.61 Å². The van der Waals surface area contributed by atoms with Crippen LogP contribution >= 0.6 is 0 Å². The number of hydrogen-bond donors (Lipinski definition) is 1. The minimum absolute atomic E-state index is 0.160. The summed E-state index contributed by atoms with van der Waals surface area (Å²) >= 11 is 0. The largest absolute Gasteiger partial charge is 0.443 e. The van der Waals surface area contributed by atoms with Crippen molar-refractivity contribution in [2.75, 3.05) is 6.61 Å². The van der Waals surface area contributed by atoms with Gasteiger partial charge in [-0.25, -0.2) is 4.98 Å². The molecule has 3 heteroatoms. The molecule has 3 nitrogen and oxygen atoms in total. The maximum atomic E-state index is 9.26. The van der Waals surface area contributed by atoms with Crippen molar-refractivity contribution >= 4 is 11.1 Å². The maximum absolute atomic E-state index is 9.26. The number of benzene rings is 1. The van der Waals surface area contributed by atoms with Crippen molar-refractivity contribution < 1.29 is 9.52 Å². The molecular weight excluding hydrogens is 190 g/mol. The quantitative estimate of drug-likeness (QED) is 0.831. The van der Waals surface area contributed by atoms with Crippen LogP contribution in [0.1, 0.15) is 18.4 Å². The van der Waals surface area contributed by atoms with Crippen LogP contribution in [0.5, 0.6) is 0 Å². The van der Waals surface area contributed by atoms with Gasteiger partial charge in [-0.05, 0) is 42.4 Å². The second-order valence-corrected chi connectivity index (χ2v) is 4.49. The van der Waals surface area contributed by atoms with Crippen molar-refractivity contribution in [3.63, 3.8) is 0 Å². The van der Waals surface area contributed by atoms with E-state index in [1.807, 2.05) is 12.1 Å². The van der Waals surface area contributed by atoms with Crippen molar-refractivity contribution in [3.8, 4) is 0 Å². The summed E-state index contributed by atoms with van der Waals surface area (Å²) in [6.45, 7) is 0.293. The van der Waals surface area contributed by atoms with E-state index in [9.17, 15) is 5.11 Å². The van der Waals surface area contributed by atoms with Crippen molar-refractivity contribution in [1.82, 2.24) is 4.98 Å². The van der Waals surface area contributed by atoms with E-state index >= 15 is 0 Å². The van der Waals surface area contributed by atoms with E-state index in [-0.39, 0.29) is 5.41 Å². The summed E-state index contributed by atoms with van der Waals surface area (Å²) in [6, 6.07) is 6.07.